The molecule has 0 bridgehead atoms. The van der Waals surface area contributed by atoms with E-state index in [1.807, 2.05) is 0 Å². The highest BCUT2D eigenvalue weighted by Gasteiger charge is 2.12. The fourth-order valence-electron chi connectivity index (χ4n) is 2.48. The maximum Gasteiger partial charge on any atom is -0.0175 e. The first-order valence-electron chi connectivity index (χ1n) is 7.91. The summed E-state index contributed by atoms with van der Waals surface area (Å²) in [6.45, 7) is 13.8. The van der Waals surface area contributed by atoms with E-state index in [1.54, 1.807) is 0 Å². The molecular formula is C18H36. The largest absolute Gasteiger partial charge is 0.0911 e. The molecule has 0 rings (SSSR count). The molecule has 0 aromatic carbocycles. The number of unbranched alkanes of at least 4 members (excludes halogenated alkanes) is 5. The lowest BCUT2D eigenvalue weighted by Crippen LogP contribution is -2.06. The van der Waals surface area contributed by atoms with Crippen LogP contribution in [0.25, 0.3) is 0 Å². The smallest absolute Gasteiger partial charge is 0.0175 e. The summed E-state index contributed by atoms with van der Waals surface area (Å²) < 4.78 is 0. The van der Waals surface area contributed by atoms with Gasteiger partial charge < -0.3 is 0 Å². The molecule has 0 aliphatic carbocycles. The van der Waals surface area contributed by atoms with E-state index in [0.717, 1.165) is 0 Å². The van der Waals surface area contributed by atoms with Crippen LogP contribution < -0.4 is 0 Å². The van der Waals surface area contributed by atoms with Gasteiger partial charge in [-0.3, -0.25) is 0 Å². The topological polar surface area (TPSA) is 0 Å². The molecule has 0 saturated heterocycles. The van der Waals surface area contributed by atoms with Crippen molar-refractivity contribution >= 4 is 0 Å². The average molecular weight is 252 g/mol. The molecule has 108 valence electrons. The Morgan fingerprint density at radius 1 is 0.667 bits per heavy atom. The van der Waals surface area contributed by atoms with E-state index in [1.165, 1.54) is 51.4 Å². The zero-order valence-corrected chi connectivity index (χ0v) is 13.8. The van der Waals surface area contributed by atoms with Crippen molar-refractivity contribution in [2.45, 2.75) is 92.9 Å². The van der Waals surface area contributed by atoms with Crippen LogP contribution in [0, 0.1) is 10.8 Å². The summed E-state index contributed by atoms with van der Waals surface area (Å²) in [4.78, 5) is 0. The fourth-order valence-corrected chi connectivity index (χ4v) is 2.48. The molecule has 0 fully saturated rings. The molecule has 0 aliphatic rings. The SMILES string of the molecule is CC=CC(C)(C)CCCCCCCCC(C)(C)C. The van der Waals surface area contributed by atoms with Crippen molar-refractivity contribution in [1.29, 1.82) is 0 Å². The quantitative estimate of drug-likeness (QED) is 0.314. The summed E-state index contributed by atoms with van der Waals surface area (Å²) in [6, 6.07) is 0. The predicted molar refractivity (Wildman–Crippen MR) is 85.0 cm³/mol. The highest BCUT2D eigenvalue weighted by Crippen LogP contribution is 2.26. The third kappa shape index (κ3) is 12.2. The molecule has 18 heavy (non-hydrogen) atoms. The van der Waals surface area contributed by atoms with Gasteiger partial charge in [0.2, 0.25) is 0 Å². The molecule has 0 saturated carbocycles. The van der Waals surface area contributed by atoms with E-state index in [0.29, 0.717) is 10.8 Å². The van der Waals surface area contributed by atoms with Crippen LogP contribution in [0.3, 0.4) is 0 Å². The van der Waals surface area contributed by atoms with Gasteiger partial charge in [0.25, 0.3) is 0 Å². The van der Waals surface area contributed by atoms with Gasteiger partial charge in [-0.1, -0.05) is 85.3 Å². The Morgan fingerprint density at radius 2 is 1.11 bits per heavy atom. The summed E-state index contributed by atoms with van der Waals surface area (Å²) in [6.07, 6.45) is 15.7. The van der Waals surface area contributed by atoms with E-state index < -0.39 is 0 Å². The normalized spacial score (nSPS) is 13.4. The third-order valence-electron chi connectivity index (χ3n) is 3.62. The lowest BCUT2D eigenvalue weighted by molar-refractivity contribution is 0.354. The second-order valence-electron chi connectivity index (χ2n) is 7.67. The van der Waals surface area contributed by atoms with Crippen molar-refractivity contribution in [1.82, 2.24) is 0 Å². The molecule has 0 aromatic rings. The van der Waals surface area contributed by atoms with Crippen LogP contribution in [0.5, 0.6) is 0 Å². The number of hydrogen-bond acceptors (Lipinski definition) is 0. The molecule has 0 unspecified atom stereocenters. The summed E-state index contributed by atoms with van der Waals surface area (Å²) in [5.74, 6) is 0. The summed E-state index contributed by atoms with van der Waals surface area (Å²) in [5.41, 5.74) is 0.928. The standard InChI is InChI=1S/C18H36/c1-7-14-18(5,6)16-13-11-9-8-10-12-15-17(2,3)4/h7,14H,8-13,15-16H2,1-6H3. The molecule has 0 aromatic heterocycles. The minimum atomic E-state index is 0.404. The monoisotopic (exact) mass is 252 g/mol. The van der Waals surface area contributed by atoms with Crippen molar-refractivity contribution in [3.05, 3.63) is 12.2 Å². The highest BCUT2D eigenvalue weighted by atomic mass is 14.2. The van der Waals surface area contributed by atoms with Crippen molar-refractivity contribution in [3.8, 4) is 0 Å². The molecule has 0 heteroatoms. The van der Waals surface area contributed by atoms with Gasteiger partial charge in [-0.15, -0.1) is 0 Å². The van der Waals surface area contributed by atoms with Crippen LogP contribution in [0.4, 0.5) is 0 Å². The Balaban J connectivity index is 3.37. The van der Waals surface area contributed by atoms with Crippen molar-refractivity contribution < 1.29 is 0 Å². The first-order valence-corrected chi connectivity index (χ1v) is 7.91. The molecule has 0 spiro atoms. The molecule has 0 amide bonds. The molecule has 0 N–H and O–H groups in total. The summed E-state index contributed by atoms with van der Waals surface area (Å²) in [7, 11) is 0. The summed E-state index contributed by atoms with van der Waals surface area (Å²) >= 11 is 0. The zero-order valence-electron chi connectivity index (χ0n) is 13.8. The number of allylic oxidation sites excluding steroid dienone is 2. The second-order valence-corrected chi connectivity index (χ2v) is 7.67. The van der Waals surface area contributed by atoms with Gasteiger partial charge in [-0.2, -0.15) is 0 Å². The average Bonchev–Trinajstić information content (AvgIpc) is 2.20. The van der Waals surface area contributed by atoms with Crippen LogP contribution in [-0.4, -0.2) is 0 Å². The van der Waals surface area contributed by atoms with Crippen LogP contribution in [0.1, 0.15) is 92.9 Å². The molecule has 0 heterocycles. The Labute approximate surface area is 116 Å². The molecule has 0 radical (unpaired) electrons. The Bertz CT molecular complexity index is 215. The van der Waals surface area contributed by atoms with E-state index in [9.17, 15) is 0 Å². The van der Waals surface area contributed by atoms with Crippen molar-refractivity contribution in [2.24, 2.45) is 10.8 Å². The first kappa shape index (κ1) is 17.7. The van der Waals surface area contributed by atoms with Gasteiger partial charge in [-0.05, 0) is 30.6 Å². The van der Waals surface area contributed by atoms with E-state index in [2.05, 4.69) is 53.7 Å². The Hall–Kier alpha value is -0.260. The molecule has 0 atom stereocenters. The third-order valence-corrected chi connectivity index (χ3v) is 3.62. The van der Waals surface area contributed by atoms with Crippen LogP contribution in [-0.2, 0) is 0 Å². The highest BCUT2D eigenvalue weighted by molar-refractivity contribution is 4.92. The van der Waals surface area contributed by atoms with Crippen molar-refractivity contribution in [3.63, 3.8) is 0 Å². The Kier molecular flexibility index (Phi) is 8.65. The van der Waals surface area contributed by atoms with Crippen LogP contribution >= 0.6 is 0 Å². The zero-order chi connectivity index (χ0) is 14.1. The van der Waals surface area contributed by atoms with E-state index in [-0.39, 0.29) is 0 Å². The maximum absolute atomic E-state index is 2.34. The summed E-state index contributed by atoms with van der Waals surface area (Å²) in [5, 5.41) is 0. The van der Waals surface area contributed by atoms with Gasteiger partial charge in [-0.25, -0.2) is 0 Å². The van der Waals surface area contributed by atoms with E-state index >= 15 is 0 Å². The van der Waals surface area contributed by atoms with Crippen LogP contribution in [0.15, 0.2) is 12.2 Å². The lowest BCUT2D eigenvalue weighted by Gasteiger charge is -2.20. The number of rotatable bonds is 9. The van der Waals surface area contributed by atoms with Gasteiger partial charge in [0.15, 0.2) is 0 Å². The minimum Gasteiger partial charge on any atom is -0.0911 e. The van der Waals surface area contributed by atoms with Gasteiger partial charge >= 0.3 is 0 Å². The molecular weight excluding hydrogens is 216 g/mol. The van der Waals surface area contributed by atoms with E-state index in [4.69, 9.17) is 0 Å². The number of hydrogen-bond donors (Lipinski definition) is 0. The van der Waals surface area contributed by atoms with Crippen molar-refractivity contribution in [2.75, 3.05) is 0 Å². The lowest BCUT2D eigenvalue weighted by atomic mass is 9.86. The second kappa shape index (κ2) is 8.77. The molecule has 0 aliphatic heterocycles. The van der Waals surface area contributed by atoms with Crippen LogP contribution in [0.2, 0.25) is 0 Å². The van der Waals surface area contributed by atoms with Gasteiger partial charge in [0.05, 0.1) is 0 Å². The molecule has 0 nitrogen and oxygen atoms in total. The first-order chi connectivity index (χ1) is 8.27. The minimum absolute atomic E-state index is 0.404. The van der Waals surface area contributed by atoms with Gasteiger partial charge in [0, 0.05) is 0 Å². The maximum atomic E-state index is 2.34. The van der Waals surface area contributed by atoms with Gasteiger partial charge in [0.1, 0.15) is 0 Å². The predicted octanol–water partition coefficient (Wildman–Crippen LogP) is 6.76. The fraction of sp³-hybridized carbons (Fsp3) is 0.889. The Morgan fingerprint density at radius 3 is 1.56 bits per heavy atom.